The van der Waals surface area contributed by atoms with Crippen LogP contribution in [0.4, 0.5) is 0 Å². The lowest BCUT2D eigenvalue weighted by molar-refractivity contribution is 0.0929. The summed E-state index contributed by atoms with van der Waals surface area (Å²) in [5.74, 6) is 0.618. The van der Waals surface area contributed by atoms with Gasteiger partial charge in [-0.3, -0.25) is 4.79 Å². The van der Waals surface area contributed by atoms with Crippen LogP contribution in [0.2, 0.25) is 5.02 Å². The van der Waals surface area contributed by atoms with E-state index in [2.05, 4.69) is 33.0 Å². The fourth-order valence-corrected chi connectivity index (χ4v) is 3.21. The summed E-state index contributed by atoms with van der Waals surface area (Å²) in [5, 5.41) is 5.16. The summed E-state index contributed by atoms with van der Waals surface area (Å²) in [6.45, 7) is 6.23. The van der Waals surface area contributed by atoms with Gasteiger partial charge in [-0.15, -0.1) is 0 Å². The number of hydrazone groups is 1. The molecule has 2 aromatic carbocycles. The highest BCUT2D eigenvalue weighted by molar-refractivity contribution is 9.10. The number of rotatable bonds is 8. The van der Waals surface area contributed by atoms with Gasteiger partial charge in [0.2, 0.25) is 0 Å². The molecule has 29 heavy (non-hydrogen) atoms. The second-order valence-electron chi connectivity index (χ2n) is 5.85. The first-order valence-corrected chi connectivity index (χ1v) is 9.91. The van der Waals surface area contributed by atoms with Crippen LogP contribution in [0.25, 0.3) is 11.0 Å². The maximum absolute atomic E-state index is 12.3. The zero-order chi connectivity index (χ0) is 20.8. The Balaban J connectivity index is 1.74. The van der Waals surface area contributed by atoms with Gasteiger partial charge in [0.1, 0.15) is 12.2 Å². The Labute approximate surface area is 181 Å². The van der Waals surface area contributed by atoms with E-state index in [1.54, 1.807) is 30.3 Å². The third-order valence-corrected chi connectivity index (χ3v) is 4.53. The van der Waals surface area contributed by atoms with Crippen LogP contribution in [0.5, 0.6) is 11.5 Å². The third kappa shape index (κ3) is 5.19. The van der Waals surface area contributed by atoms with Crippen LogP contribution in [0.15, 0.2) is 63.0 Å². The van der Waals surface area contributed by atoms with E-state index in [9.17, 15) is 4.79 Å². The van der Waals surface area contributed by atoms with Gasteiger partial charge in [0, 0.05) is 9.86 Å². The van der Waals surface area contributed by atoms with Crippen molar-refractivity contribution in [3.63, 3.8) is 0 Å². The molecule has 0 aliphatic rings. The standard InChI is InChI=1S/C21H18BrClN2O4/c1-3-7-28-20-16(23)8-13(9-18(20)27-4-2)12-24-25-21(26)19-11-14-10-15(22)5-6-17(14)29-19/h3,5-6,8-12H,1,4,7H2,2H3,(H,25,26)/b24-12+. The van der Waals surface area contributed by atoms with Crippen molar-refractivity contribution < 1.29 is 18.7 Å². The fraction of sp³-hybridized carbons (Fsp3) is 0.143. The number of furan rings is 1. The average Bonchev–Trinajstić information content (AvgIpc) is 3.11. The highest BCUT2D eigenvalue weighted by Gasteiger charge is 2.13. The molecule has 1 amide bonds. The number of carbonyl (C=O) groups excluding carboxylic acids is 1. The summed E-state index contributed by atoms with van der Waals surface area (Å²) in [7, 11) is 0. The third-order valence-electron chi connectivity index (χ3n) is 3.76. The number of halogens is 2. The molecule has 0 saturated heterocycles. The minimum atomic E-state index is -0.462. The molecule has 150 valence electrons. The highest BCUT2D eigenvalue weighted by atomic mass is 79.9. The van der Waals surface area contributed by atoms with Gasteiger partial charge >= 0.3 is 5.91 Å². The minimum absolute atomic E-state index is 0.163. The molecule has 1 aromatic heterocycles. The van der Waals surface area contributed by atoms with Gasteiger partial charge in [0.15, 0.2) is 17.3 Å². The van der Waals surface area contributed by atoms with Gasteiger partial charge in [-0.05, 0) is 48.9 Å². The molecule has 1 N–H and O–H groups in total. The van der Waals surface area contributed by atoms with Gasteiger partial charge in [-0.1, -0.05) is 40.2 Å². The second-order valence-corrected chi connectivity index (χ2v) is 7.18. The fourth-order valence-electron chi connectivity index (χ4n) is 2.55. The molecule has 6 nitrogen and oxygen atoms in total. The SMILES string of the molecule is C=CCOc1c(Cl)cc(/C=N/NC(=O)c2cc3cc(Br)ccc3o2)cc1OCC. The normalized spacial score (nSPS) is 11.0. The van der Waals surface area contributed by atoms with Gasteiger partial charge in [0.25, 0.3) is 0 Å². The van der Waals surface area contributed by atoms with Gasteiger partial charge in [-0.2, -0.15) is 5.10 Å². The number of fused-ring (bicyclic) bond motifs is 1. The van der Waals surface area contributed by atoms with E-state index in [0.29, 0.717) is 40.9 Å². The minimum Gasteiger partial charge on any atom is -0.490 e. The molecule has 0 bridgehead atoms. The highest BCUT2D eigenvalue weighted by Crippen LogP contribution is 2.36. The van der Waals surface area contributed by atoms with Gasteiger partial charge in [-0.25, -0.2) is 5.43 Å². The summed E-state index contributed by atoms with van der Waals surface area (Å²) >= 11 is 9.68. The van der Waals surface area contributed by atoms with Crippen molar-refractivity contribution in [2.75, 3.05) is 13.2 Å². The number of hydrogen-bond acceptors (Lipinski definition) is 5. The monoisotopic (exact) mass is 476 g/mol. The molecule has 0 fully saturated rings. The maximum atomic E-state index is 12.3. The molecule has 0 saturated carbocycles. The lowest BCUT2D eigenvalue weighted by atomic mass is 10.2. The van der Waals surface area contributed by atoms with Gasteiger partial charge < -0.3 is 13.9 Å². The van der Waals surface area contributed by atoms with Crippen LogP contribution in [-0.2, 0) is 0 Å². The molecule has 0 unspecified atom stereocenters. The lowest BCUT2D eigenvalue weighted by Gasteiger charge is -2.13. The zero-order valence-electron chi connectivity index (χ0n) is 15.6. The summed E-state index contributed by atoms with van der Waals surface area (Å²) < 4.78 is 17.6. The Kier molecular flexibility index (Phi) is 6.95. The number of nitrogens with one attached hydrogen (secondary N) is 1. The average molecular weight is 478 g/mol. The summed E-state index contributed by atoms with van der Waals surface area (Å²) in [6.07, 6.45) is 3.08. The molecule has 0 aliphatic heterocycles. The van der Waals surface area contributed by atoms with Crippen LogP contribution in [0.3, 0.4) is 0 Å². The molecule has 8 heteroatoms. The predicted octanol–water partition coefficient (Wildman–Crippen LogP) is 5.58. The van der Waals surface area contributed by atoms with Crippen molar-refractivity contribution in [2.45, 2.75) is 6.92 Å². The number of amides is 1. The van der Waals surface area contributed by atoms with Crippen molar-refractivity contribution in [1.82, 2.24) is 5.43 Å². The Morgan fingerprint density at radius 3 is 2.90 bits per heavy atom. The van der Waals surface area contributed by atoms with Crippen molar-refractivity contribution in [3.8, 4) is 11.5 Å². The summed E-state index contributed by atoms with van der Waals surface area (Å²) in [5.41, 5.74) is 3.69. The van der Waals surface area contributed by atoms with E-state index in [0.717, 1.165) is 9.86 Å². The van der Waals surface area contributed by atoms with Crippen molar-refractivity contribution in [3.05, 3.63) is 69.9 Å². The molecule has 0 atom stereocenters. The van der Waals surface area contributed by atoms with E-state index >= 15 is 0 Å². The van der Waals surface area contributed by atoms with E-state index < -0.39 is 5.91 Å². The Bertz CT molecular complexity index is 1080. The van der Waals surface area contributed by atoms with E-state index in [1.165, 1.54) is 6.21 Å². The van der Waals surface area contributed by atoms with Crippen molar-refractivity contribution >= 4 is 50.6 Å². The summed E-state index contributed by atoms with van der Waals surface area (Å²) in [6, 6.07) is 10.5. The Hall–Kier alpha value is -2.77. The van der Waals surface area contributed by atoms with Gasteiger partial charge in [0.05, 0.1) is 17.8 Å². The largest absolute Gasteiger partial charge is 0.490 e. The van der Waals surface area contributed by atoms with Crippen LogP contribution in [-0.4, -0.2) is 25.3 Å². The number of hydrogen-bond donors (Lipinski definition) is 1. The molecule has 0 radical (unpaired) electrons. The van der Waals surface area contributed by atoms with E-state index in [4.69, 9.17) is 25.5 Å². The maximum Gasteiger partial charge on any atom is 0.307 e. The van der Waals surface area contributed by atoms with E-state index in [1.807, 2.05) is 19.1 Å². The molecule has 0 spiro atoms. The first-order valence-electron chi connectivity index (χ1n) is 8.74. The smallest absolute Gasteiger partial charge is 0.307 e. The zero-order valence-corrected chi connectivity index (χ0v) is 17.9. The Morgan fingerprint density at radius 1 is 1.31 bits per heavy atom. The first-order chi connectivity index (χ1) is 14.0. The van der Waals surface area contributed by atoms with Crippen LogP contribution >= 0.6 is 27.5 Å². The Morgan fingerprint density at radius 2 is 2.14 bits per heavy atom. The van der Waals surface area contributed by atoms with Crippen LogP contribution < -0.4 is 14.9 Å². The van der Waals surface area contributed by atoms with Crippen molar-refractivity contribution in [1.29, 1.82) is 0 Å². The van der Waals surface area contributed by atoms with E-state index in [-0.39, 0.29) is 5.76 Å². The number of carbonyl (C=O) groups is 1. The molecule has 1 heterocycles. The second kappa shape index (κ2) is 9.62. The number of benzene rings is 2. The lowest BCUT2D eigenvalue weighted by Crippen LogP contribution is -2.16. The molecule has 0 aliphatic carbocycles. The topological polar surface area (TPSA) is 73.1 Å². The molecule has 3 rings (SSSR count). The molecule has 3 aromatic rings. The number of ether oxygens (including phenoxy) is 2. The first kappa shape index (κ1) is 21.0. The number of nitrogens with zero attached hydrogens (tertiary/aromatic N) is 1. The predicted molar refractivity (Wildman–Crippen MR) is 117 cm³/mol. The summed E-state index contributed by atoms with van der Waals surface area (Å²) in [4.78, 5) is 12.3. The molecular weight excluding hydrogens is 460 g/mol. The van der Waals surface area contributed by atoms with Crippen LogP contribution in [0, 0.1) is 0 Å². The quantitative estimate of drug-likeness (QED) is 0.261. The molecular formula is C21H18BrClN2O4. The van der Waals surface area contributed by atoms with Crippen LogP contribution in [0.1, 0.15) is 23.0 Å². The van der Waals surface area contributed by atoms with Crippen molar-refractivity contribution in [2.24, 2.45) is 5.10 Å².